The van der Waals surface area contributed by atoms with Crippen molar-refractivity contribution in [1.82, 2.24) is 14.9 Å². The van der Waals surface area contributed by atoms with Crippen LogP contribution in [0.2, 0.25) is 0 Å². The third kappa shape index (κ3) is 4.66. The Balaban J connectivity index is 0.00000110. The van der Waals surface area contributed by atoms with Crippen molar-refractivity contribution in [1.29, 1.82) is 0 Å². The molecule has 0 amide bonds. The molecule has 7 heteroatoms. The van der Waals surface area contributed by atoms with Crippen molar-refractivity contribution >= 4 is 0 Å². The van der Waals surface area contributed by atoms with Crippen LogP contribution in [-0.2, 0) is 19.5 Å². The molecule has 1 aromatic carbocycles. The molecule has 1 aliphatic heterocycles. The fraction of sp³-hybridized carbons (Fsp3) is 0.286. The predicted octanol–water partition coefficient (Wildman–Crippen LogP) is -5.81. The number of nitrogens with zero attached hydrogens (tertiary/aromatic N) is 3. The van der Waals surface area contributed by atoms with Crippen molar-refractivity contribution < 1.29 is 69.3 Å². The third-order valence-corrected chi connectivity index (χ3v) is 3.33. The number of aromatic nitrogens is 2. The van der Waals surface area contributed by atoms with Crippen LogP contribution in [-0.4, -0.2) is 21.4 Å². The first-order valence-corrected chi connectivity index (χ1v) is 6.22. The summed E-state index contributed by atoms with van der Waals surface area (Å²) in [6, 6.07) is 9.43. The van der Waals surface area contributed by atoms with Crippen molar-refractivity contribution in [2.75, 3.05) is 6.54 Å². The van der Waals surface area contributed by atoms with Gasteiger partial charge in [-0.2, -0.15) is 0 Å². The molecule has 98 valence electrons. The topological polar surface area (TPSA) is 75.1 Å². The Kier molecular flexibility index (Phi) is 7.64. The van der Waals surface area contributed by atoms with Crippen molar-refractivity contribution in [2.45, 2.75) is 19.5 Å². The van der Waals surface area contributed by atoms with Crippen LogP contribution < -0.4 is 69.3 Å². The number of hydrogen-bond donors (Lipinski definition) is 0. The minimum atomic E-state index is -0.676. The average molecular weight is 301 g/mol. The number of hydrogen-bond acceptors (Lipinski definition) is 5. The Labute approximate surface area is 168 Å². The van der Waals surface area contributed by atoms with E-state index in [1.807, 2.05) is 18.2 Å². The van der Waals surface area contributed by atoms with E-state index in [9.17, 15) is 10.2 Å². The van der Waals surface area contributed by atoms with E-state index in [-0.39, 0.29) is 59.1 Å². The molecular formula is C14H13N3Na2O2. The van der Waals surface area contributed by atoms with Gasteiger partial charge < -0.3 is 10.2 Å². The zero-order valence-electron chi connectivity index (χ0n) is 12.4. The average Bonchev–Trinajstić information content (AvgIpc) is 2.39. The monoisotopic (exact) mass is 301 g/mol. The summed E-state index contributed by atoms with van der Waals surface area (Å²) < 4.78 is 0. The van der Waals surface area contributed by atoms with E-state index in [2.05, 4.69) is 27.0 Å². The van der Waals surface area contributed by atoms with E-state index in [4.69, 9.17) is 0 Å². The van der Waals surface area contributed by atoms with E-state index < -0.39 is 11.9 Å². The smallest absolute Gasteiger partial charge is 0.858 e. The van der Waals surface area contributed by atoms with Gasteiger partial charge in [0.05, 0.1) is 11.7 Å². The molecule has 2 aromatic rings. The Bertz CT molecular complexity index is 596. The number of benzene rings is 1. The van der Waals surface area contributed by atoms with Gasteiger partial charge in [-0.3, -0.25) is 9.88 Å². The van der Waals surface area contributed by atoms with Crippen LogP contribution in [0.25, 0.3) is 0 Å². The van der Waals surface area contributed by atoms with Gasteiger partial charge in [-0.05, 0) is 23.4 Å². The van der Waals surface area contributed by atoms with Crippen LogP contribution >= 0.6 is 0 Å². The molecule has 0 saturated carbocycles. The number of fused-ring (bicyclic) bond motifs is 1. The third-order valence-electron chi connectivity index (χ3n) is 3.33. The summed E-state index contributed by atoms with van der Waals surface area (Å²) in [5.41, 5.74) is 2.40. The first kappa shape index (κ1) is 18.9. The molecule has 1 aliphatic rings. The fourth-order valence-corrected chi connectivity index (χ4v) is 2.41. The Morgan fingerprint density at radius 3 is 2.48 bits per heavy atom. The zero-order chi connectivity index (χ0) is 13.2. The van der Waals surface area contributed by atoms with Crippen molar-refractivity contribution in [2.24, 2.45) is 0 Å². The van der Waals surface area contributed by atoms with E-state index in [1.54, 1.807) is 0 Å². The van der Waals surface area contributed by atoms with Crippen LogP contribution in [0.1, 0.15) is 16.8 Å². The van der Waals surface area contributed by atoms with Gasteiger partial charge >= 0.3 is 59.1 Å². The van der Waals surface area contributed by atoms with Crippen LogP contribution in [0.5, 0.6) is 11.9 Å². The van der Waals surface area contributed by atoms with Gasteiger partial charge in [0, 0.05) is 19.6 Å². The van der Waals surface area contributed by atoms with Crippen LogP contribution in [0.3, 0.4) is 0 Å². The molecule has 2 heterocycles. The molecule has 1 aromatic heterocycles. The van der Waals surface area contributed by atoms with Gasteiger partial charge in [-0.15, -0.1) is 0 Å². The van der Waals surface area contributed by atoms with E-state index in [0.717, 1.165) is 13.1 Å². The minimum absolute atomic E-state index is 0. The molecule has 0 aliphatic carbocycles. The Morgan fingerprint density at radius 1 is 1.05 bits per heavy atom. The van der Waals surface area contributed by atoms with Gasteiger partial charge in [0.1, 0.15) is 0 Å². The maximum atomic E-state index is 11.6. The first-order chi connectivity index (χ1) is 9.22. The molecule has 3 rings (SSSR count). The molecule has 21 heavy (non-hydrogen) atoms. The zero-order valence-corrected chi connectivity index (χ0v) is 16.4. The summed E-state index contributed by atoms with van der Waals surface area (Å²) >= 11 is 0. The van der Waals surface area contributed by atoms with Gasteiger partial charge in [-0.1, -0.05) is 30.3 Å². The molecule has 5 nitrogen and oxygen atoms in total. The van der Waals surface area contributed by atoms with Crippen LogP contribution in [0.15, 0.2) is 30.3 Å². The Hall–Kier alpha value is -0.140. The van der Waals surface area contributed by atoms with Crippen molar-refractivity contribution in [3.8, 4) is 11.9 Å². The molecule has 0 spiro atoms. The SMILES string of the molecule is [Na+].[Na+].[O-]c1nc([O-])c2c(n1)CN(Cc1ccccc1)CC2. The summed E-state index contributed by atoms with van der Waals surface area (Å²) in [5, 5.41) is 22.8. The van der Waals surface area contributed by atoms with Gasteiger partial charge in [0.2, 0.25) is 0 Å². The molecule has 0 bridgehead atoms. The maximum absolute atomic E-state index is 11.6. The van der Waals surface area contributed by atoms with E-state index >= 15 is 0 Å². The second-order valence-electron chi connectivity index (χ2n) is 4.68. The fourth-order valence-electron chi connectivity index (χ4n) is 2.41. The standard InChI is InChI=1S/C14H15N3O2.2Na/c18-13-11-6-7-17(8-10-4-2-1-3-5-10)9-12(11)15-14(19)16-13;;/h1-5H,6-9H2,(H2,15,16,18,19);;/q;2*+1/p-2. The molecule has 0 fully saturated rings. The van der Waals surface area contributed by atoms with Gasteiger partial charge in [-0.25, -0.2) is 4.98 Å². The predicted molar refractivity (Wildman–Crippen MR) is 65.2 cm³/mol. The summed E-state index contributed by atoms with van der Waals surface area (Å²) in [4.78, 5) is 9.40. The molecule has 0 saturated heterocycles. The maximum Gasteiger partial charge on any atom is 1.00 e. The van der Waals surface area contributed by atoms with E-state index in [1.165, 1.54) is 5.56 Å². The van der Waals surface area contributed by atoms with Gasteiger partial charge in [0.25, 0.3) is 0 Å². The molecule has 0 radical (unpaired) electrons. The number of rotatable bonds is 2. The Morgan fingerprint density at radius 2 is 1.76 bits per heavy atom. The summed E-state index contributed by atoms with van der Waals surface area (Å²) in [5.74, 6) is -0.408. The second kappa shape index (κ2) is 8.48. The van der Waals surface area contributed by atoms with Crippen molar-refractivity contribution in [3.05, 3.63) is 47.2 Å². The molecule has 0 unspecified atom stereocenters. The summed E-state index contributed by atoms with van der Waals surface area (Å²) in [6.45, 7) is 2.13. The van der Waals surface area contributed by atoms with Gasteiger partial charge in [0.15, 0.2) is 0 Å². The van der Waals surface area contributed by atoms with E-state index in [0.29, 0.717) is 24.2 Å². The second-order valence-corrected chi connectivity index (χ2v) is 4.68. The summed E-state index contributed by atoms with van der Waals surface area (Å²) in [6.07, 6.45) is 0.612. The first-order valence-electron chi connectivity index (χ1n) is 6.22. The largest absolute Gasteiger partial charge is 1.00 e. The van der Waals surface area contributed by atoms with Crippen LogP contribution in [0, 0.1) is 0 Å². The quantitative estimate of drug-likeness (QED) is 0.517. The molecule has 0 atom stereocenters. The van der Waals surface area contributed by atoms with Crippen LogP contribution in [0.4, 0.5) is 0 Å². The van der Waals surface area contributed by atoms with Crippen molar-refractivity contribution in [3.63, 3.8) is 0 Å². The molecule has 0 N–H and O–H groups in total. The molecular weight excluding hydrogens is 288 g/mol. The normalized spacial score (nSPS) is 13.7. The summed E-state index contributed by atoms with van der Waals surface area (Å²) in [7, 11) is 0. The minimum Gasteiger partial charge on any atom is -0.858 e.